The molecule has 0 aliphatic carbocycles. The van der Waals surface area contributed by atoms with Gasteiger partial charge in [-0.15, -0.1) is 0 Å². The van der Waals surface area contributed by atoms with Crippen molar-refractivity contribution < 1.29 is 4.79 Å². The zero-order chi connectivity index (χ0) is 22.3. The van der Waals surface area contributed by atoms with Crippen molar-refractivity contribution in [3.63, 3.8) is 0 Å². The predicted molar refractivity (Wildman–Crippen MR) is 121 cm³/mol. The standard InChI is InChI=1S/C23H25ClN6O/c1-14-19-10-18(11-25-22(19)29(5)26-14)23(31)28(4)13-20-15(2)27-30(16(20)3)12-17-8-6-7-9-21(17)24/h6-11H,12-13H2,1-5H3. The van der Waals surface area contributed by atoms with Crippen LogP contribution in [0.15, 0.2) is 36.5 Å². The van der Waals surface area contributed by atoms with E-state index in [1.54, 1.807) is 22.8 Å². The van der Waals surface area contributed by atoms with Gasteiger partial charge in [0.15, 0.2) is 5.65 Å². The Morgan fingerprint density at radius 2 is 1.87 bits per heavy atom. The number of amides is 1. The normalized spacial score (nSPS) is 11.3. The van der Waals surface area contributed by atoms with E-state index in [4.69, 9.17) is 11.6 Å². The Bertz CT molecular complexity index is 1290. The molecule has 0 spiro atoms. The van der Waals surface area contributed by atoms with Gasteiger partial charge in [0.2, 0.25) is 0 Å². The Kier molecular flexibility index (Phi) is 5.54. The van der Waals surface area contributed by atoms with Crippen LogP contribution in [0.3, 0.4) is 0 Å². The topological polar surface area (TPSA) is 68.8 Å². The van der Waals surface area contributed by atoms with Crippen molar-refractivity contribution in [2.24, 2.45) is 7.05 Å². The fourth-order valence-corrected chi connectivity index (χ4v) is 4.05. The molecule has 0 aliphatic rings. The van der Waals surface area contributed by atoms with E-state index in [2.05, 4.69) is 15.2 Å². The molecule has 31 heavy (non-hydrogen) atoms. The number of benzene rings is 1. The number of carbonyl (C=O) groups excluding carboxylic acids is 1. The van der Waals surface area contributed by atoms with Crippen molar-refractivity contribution in [3.8, 4) is 0 Å². The quantitative estimate of drug-likeness (QED) is 0.473. The first-order valence-electron chi connectivity index (χ1n) is 10.1. The molecule has 0 unspecified atom stereocenters. The van der Waals surface area contributed by atoms with Gasteiger partial charge in [-0.3, -0.25) is 14.2 Å². The number of carbonyl (C=O) groups is 1. The van der Waals surface area contributed by atoms with Crippen LogP contribution in [0.2, 0.25) is 5.02 Å². The van der Waals surface area contributed by atoms with Crippen molar-refractivity contribution >= 4 is 28.5 Å². The van der Waals surface area contributed by atoms with Gasteiger partial charge in [-0.25, -0.2) is 4.98 Å². The zero-order valence-electron chi connectivity index (χ0n) is 18.3. The fourth-order valence-electron chi connectivity index (χ4n) is 3.86. The van der Waals surface area contributed by atoms with Crippen LogP contribution in [-0.2, 0) is 20.1 Å². The lowest BCUT2D eigenvalue weighted by Crippen LogP contribution is -2.27. The Morgan fingerprint density at radius 3 is 2.61 bits per heavy atom. The van der Waals surface area contributed by atoms with E-state index in [-0.39, 0.29) is 5.91 Å². The molecule has 0 saturated carbocycles. The first-order chi connectivity index (χ1) is 14.8. The second kappa shape index (κ2) is 8.15. The molecule has 1 aromatic carbocycles. The number of hydrogen-bond donors (Lipinski definition) is 0. The smallest absolute Gasteiger partial charge is 0.255 e. The van der Waals surface area contributed by atoms with Gasteiger partial charge in [0, 0.05) is 48.5 Å². The highest BCUT2D eigenvalue weighted by atomic mass is 35.5. The molecule has 0 fully saturated rings. The first-order valence-corrected chi connectivity index (χ1v) is 10.4. The summed E-state index contributed by atoms with van der Waals surface area (Å²) in [5.41, 5.74) is 6.14. The van der Waals surface area contributed by atoms with Crippen LogP contribution in [-0.4, -0.2) is 42.4 Å². The number of aryl methyl sites for hydroxylation is 3. The van der Waals surface area contributed by atoms with Crippen molar-refractivity contribution in [3.05, 3.63) is 75.3 Å². The second-order valence-corrected chi connectivity index (χ2v) is 8.27. The summed E-state index contributed by atoms with van der Waals surface area (Å²) in [5.74, 6) is -0.0877. The summed E-state index contributed by atoms with van der Waals surface area (Å²) in [5, 5.41) is 10.7. The molecule has 7 nitrogen and oxygen atoms in total. The minimum atomic E-state index is -0.0877. The number of halogens is 1. The van der Waals surface area contributed by atoms with Crippen LogP contribution >= 0.6 is 11.6 Å². The summed E-state index contributed by atoms with van der Waals surface area (Å²) in [6.45, 7) is 6.96. The number of hydrogen-bond acceptors (Lipinski definition) is 4. The summed E-state index contributed by atoms with van der Waals surface area (Å²) >= 11 is 6.31. The van der Waals surface area contributed by atoms with Gasteiger partial charge in [-0.2, -0.15) is 10.2 Å². The molecule has 0 bridgehead atoms. The molecule has 4 aromatic rings. The van der Waals surface area contributed by atoms with Crippen LogP contribution in [0, 0.1) is 20.8 Å². The largest absolute Gasteiger partial charge is 0.337 e. The van der Waals surface area contributed by atoms with Crippen LogP contribution in [0.4, 0.5) is 0 Å². The summed E-state index contributed by atoms with van der Waals surface area (Å²) in [6, 6.07) is 9.62. The van der Waals surface area contributed by atoms with Gasteiger partial charge in [0.25, 0.3) is 5.91 Å². The third-order valence-corrected chi connectivity index (χ3v) is 6.03. The van der Waals surface area contributed by atoms with E-state index in [0.717, 1.165) is 44.3 Å². The Labute approximate surface area is 186 Å². The highest BCUT2D eigenvalue weighted by molar-refractivity contribution is 6.31. The molecule has 0 aliphatic heterocycles. The van der Waals surface area contributed by atoms with E-state index >= 15 is 0 Å². The zero-order valence-corrected chi connectivity index (χ0v) is 19.1. The number of aromatic nitrogens is 5. The summed E-state index contributed by atoms with van der Waals surface area (Å²) in [4.78, 5) is 19.2. The van der Waals surface area contributed by atoms with E-state index < -0.39 is 0 Å². The van der Waals surface area contributed by atoms with Crippen molar-refractivity contribution in [1.82, 2.24) is 29.4 Å². The summed E-state index contributed by atoms with van der Waals surface area (Å²) < 4.78 is 3.67. The van der Waals surface area contributed by atoms with Crippen molar-refractivity contribution in [2.45, 2.75) is 33.9 Å². The highest BCUT2D eigenvalue weighted by Crippen LogP contribution is 2.22. The minimum Gasteiger partial charge on any atom is -0.337 e. The number of fused-ring (bicyclic) bond motifs is 1. The number of rotatable bonds is 5. The molecule has 8 heteroatoms. The monoisotopic (exact) mass is 436 g/mol. The lowest BCUT2D eigenvalue weighted by Gasteiger charge is -2.18. The predicted octanol–water partition coefficient (Wildman–Crippen LogP) is 4.06. The highest BCUT2D eigenvalue weighted by Gasteiger charge is 2.19. The molecule has 3 aromatic heterocycles. The third-order valence-electron chi connectivity index (χ3n) is 5.66. The average molecular weight is 437 g/mol. The lowest BCUT2D eigenvalue weighted by atomic mass is 10.1. The van der Waals surface area contributed by atoms with E-state index in [0.29, 0.717) is 18.7 Å². The van der Waals surface area contributed by atoms with Crippen molar-refractivity contribution in [2.75, 3.05) is 7.05 Å². The maximum Gasteiger partial charge on any atom is 0.255 e. The van der Waals surface area contributed by atoms with Gasteiger partial charge in [-0.1, -0.05) is 29.8 Å². The van der Waals surface area contributed by atoms with Crippen molar-refractivity contribution in [1.29, 1.82) is 0 Å². The molecule has 3 heterocycles. The van der Waals surface area contributed by atoms with Gasteiger partial charge >= 0.3 is 0 Å². The van der Waals surface area contributed by atoms with Gasteiger partial charge in [0.1, 0.15) is 0 Å². The number of pyridine rings is 1. The molecule has 4 rings (SSSR count). The molecule has 160 valence electrons. The Morgan fingerprint density at radius 1 is 1.13 bits per heavy atom. The maximum absolute atomic E-state index is 13.1. The molecule has 0 atom stereocenters. The summed E-state index contributed by atoms with van der Waals surface area (Å²) in [6.07, 6.45) is 1.61. The number of nitrogens with zero attached hydrogens (tertiary/aromatic N) is 6. The molecule has 0 radical (unpaired) electrons. The van der Waals surface area contributed by atoms with E-state index in [1.807, 2.05) is 62.8 Å². The maximum atomic E-state index is 13.1. The molecular formula is C23H25ClN6O. The molecule has 0 N–H and O–H groups in total. The van der Waals surface area contributed by atoms with Gasteiger partial charge in [0.05, 0.1) is 23.5 Å². The second-order valence-electron chi connectivity index (χ2n) is 7.86. The Hall–Kier alpha value is -3.19. The lowest BCUT2D eigenvalue weighted by molar-refractivity contribution is 0.0784. The van der Waals surface area contributed by atoms with E-state index in [9.17, 15) is 4.79 Å². The molecule has 0 saturated heterocycles. The van der Waals surface area contributed by atoms with Crippen LogP contribution < -0.4 is 0 Å². The molecule has 1 amide bonds. The van der Waals surface area contributed by atoms with Gasteiger partial charge < -0.3 is 4.90 Å². The van der Waals surface area contributed by atoms with Crippen LogP contribution in [0.5, 0.6) is 0 Å². The fraction of sp³-hybridized carbons (Fsp3) is 0.304. The average Bonchev–Trinajstić information content (AvgIpc) is 3.18. The first kappa shape index (κ1) is 21.1. The summed E-state index contributed by atoms with van der Waals surface area (Å²) in [7, 11) is 3.65. The molecular weight excluding hydrogens is 412 g/mol. The SMILES string of the molecule is Cc1nn(Cc2ccccc2Cl)c(C)c1CN(C)C(=O)c1cnc2c(c1)c(C)nn2C. The van der Waals surface area contributed by atoms with Crippen LogP contribution in [0.1, 0.15) is 38.6 Å². The third kappa shape index (κ3) is 3.93. The Balaban J connectivity index is 1.56. The van der Waals surface area contributed by atoms with E-state index in [1.165, 1.54) is 0 Å². The van der Waals surface area contributed by atoms with Crippen LogP contribution in [0.25, 0.3) is 11.0 Å². The minimum absolute atomic E-state index is 0.0877. The van der Waals surface area contributed by atoms with Gasteiger partial charge in [-0.05, 0) is 38.5 Å².